The molecule has 0 N–H and O–H groups in total. The van der Waals surface area contributed by atoms with Gasteiger partial charge in [-0.1, -0.05) is 63.3 Å². The first-order chi connectivity index (χ1) is 14.5. The van der Waals surface area contributed by atoms with Crippen LogP contribution in [0.4, 0.5) is 0 Å². The molecule has 0 aromatic heterocycles. The molecule has 5 nitrogen and oxygen atoms in total. The van der Waals surface area contributed by atoms with Crippen LogP contribution >= 0.6 is 0 Å². The number of esters is 1. The SMILES string of the molecule is CCCCCC=CCC=CCCCCCCCC(=O)OC1COC(C)(C(C)=O)OC1. The van der Waals surface area contributed by atoms with Crippen molar-refractivity contribution in [3.8, 4) is 0 Å². The molecule has 1 saturated heterocycles. The van der Waals surface area contributed by atoms with E-state index in [9.17, 15) is 9.59 Å². The Morgan fingerprint density at radius 1 is 0.900 bits per heavy atom. The minimum atomic E-state index is -1.21. The summed E-state index contributed by atoms with van der Waals surface area (Å²) in [5, 5.41) is 0. The number of carbonyl (C=O) groups excluding carboxylic acids is 2. The summed E-state index contributed by atoms with van der Waals surface area (Å²) in [7, 11) is 0. The largest absolute Gasteiger partial charge is 0.457 e. The molecule has 0 saturated carbocycles. The van der Waals surface area contributed by atoms with Crippen molar-refractivity contribution in [2.75, 3.05) is 13.2 Å². The van der Waals surface area contributed by atoms with Crippen LogP contribution in [0.3, 0.4) is 0 Å². The summed E-state index contributed by atoms with van der Waals surface area (Å²) in [4.78, 5) is 23.4. The van der Waals surface area contributed by atoms with E-state index in [1.807, 2.05) is 0 Å². The first-order valence-electron chi connectivity index (χ1n) is 11.8. The van der Waals surface area contributed by atoms with Crippen molar-refractivity contribution < 1.29 is 23.8 Å². The molecule has 30 heavy (non-hydrogen) atoms. The zero-order valence-electron chi connectivity index (χ0n) is 19.3. The molecule has 1 aliphatic rings. The van der Waals surface area contributed by atoms with E-state index in [4.69, 9.17) is 14.2 Å². The van der Waals surface area contributed by atoms with Crippen LogP contribution in [0.15, 0.2) is 24.3 Å². The molecular weight excluding hydrogens is 380 g/mol. The van der Waals surface area contributed by atoms with Crippen molar-refractivity contribution in [1.29, 1.82) is 0 Å². The van der Waals surface area contributed by atoms with E-state index in [-0.39, 0.29) is 25.0 Å². The molecule has 1 fully saturated rings. The lowest BCUT2D eigenvalue weighted by atomic mass is 10.1. The van der Waals surface area contributed by atoms with E-state index in [2.05, 4.69) is 31.2 Å². The molecule has 0 spiro atoms. The number of allylic oxidation sites excluding steroid dienone is 4. The number of Topliss-reactive ketones (excluding diaryl/α,β-unsaturated/α-hetero) is 1. The summed E-state index contributed by atoms with van der Waals surface area (Å²) in [5.74, 6) is -1.61. The first kappa shape index (κ1) is 26.6. The lowest BCUT2D eigenvalue weighted by Gasteiger charge is -2.35. The Labute approximate surface area is 183 Å². The third-order valence-corrected chi connectivity index (χ3v) is 5.36. The number of hydrogen-bond acceptors (Lipinski definition) is 5. The van der Waals surface area contributed by atoms with Crippen molar-refractivity contribution in [1.82, 2.24) is 0 Å². The Hall–Kier alpha value is -1.46. The molecule has 0 atom stereocenters. The zero-order chi connectivity index (χ0) is 22.1. The number of unbranched alkanes of at least 4 members (excludes halogenated alkanes) is 8. The fourth-order valence-electron chi connectivity index (χ4n) is 3.19. The molecule has 0 aliphatic carbocycles. The minimum absolute atomic E-state index is 0.183. The Balaban J connectivity index is 1.93. The predicted octanol–water partition coefficient (Wildman–Crippen LogP) is 6.06. The topological polar surface area (TPSA) is 61.8 Å². The summed E-state index contributed by atoms with van der Waals surface area (Å²) in [6.45, 7) is 5.65. The molecule has 1 rings (SSSR count). The Bertz CT molecular complexity index is 530. The smallest absolute Gasteiger partial charge is 0.306 e. The lowest BCUT2D eigenvalue weighted by Crippen LogP contribution is -2.49. The van der Waals surface area contributed by atoms with Crippen LogP contribution in [-0.2, 0) is 23.8 Å². The van der Waals surface area contributed by atoms with Crippen LogP contribution in [0.5, 0.6) is 0 Å². The van der Waals surface area contributed by atoms with Crippen molar-refractivity contribution >= 4 is 11.8 Å². The molecule has 172 valence electrons. The van der Waals surface area contributed by atoms with E-state index in [1.165, 1.54) is 45.4 Å². The number of rotatable bonds is 16. The van der Waals surface area contributed by atoms with Crippen LogP contribution in [0.2, 0.25) is 0 Å². The number of ketones is 1. The number of hydrogen-bond donors (Lipinski definition) is 0. The summed E-state index contributed by atoms with van der Waals surface area (Å²) in [6, 6.07) is 0. The second-order valence-corrected chi connectivity index (χ2v) is 8.22. The molecule has 0 bridgehead atoms. The average Bonchev–Trinajstić information content (AvgIpc) is 2.72. The van der Waals surface area contributed by atoms with Gasteiger partial charge < -0.3 is 14.2 Å². The van der Waals surface area contributed by atoms with E-state index in [1.54, 1.807) is 6.92 Å². The number of carbonyl (C=O) groups is 2. The van der Waals surface area contributed by atoms with Crippen LogP contribution in [-0.4, -0.2) is 36.9 Å². The van der Waals surface area contributed by atoms with E-state index in [0.717, 1.165) is 32.1 Å². The normalized spacial score (nSPS) is 22.0. The fraction of sp³-hybridized carbons (Fsp3) is 0.760. The minimum Gasteiger partial charge on any atom is -0.457 e. The molecule has 0 amide bonds. The maximum Gasteiger partial charge on any atom is 0.306 e. The quantitative estimate of drug-likeness (QED) is 0.172. The van der Waals surface area contributed by atoms with Crippen LogP contribution in [0.1, 0.15) is 97.8 Å². The highest BCUT2D eigenvalue weighted by atomic mass is 16.7. The van der Waals surface area contributed by atoms with Gasteiger partial charge in [0.05, 0.1) is 13.2 Å². The second kappa shape index (κ2) is 16.3. The van der Waals surface area contributed by atoms with Gasteiger partial charge in [0, 0.05) is 13.3 Å². The van der Waals surface area contributed by atoms with Gasteiger partial charge in [-0.3, -0.25) is 9.59 Å². The summed E-state index contributed by atoms with van der Waals surface area (Å²) >= 11 is 0. The molecule has 5 heteroatoms. The number of ether oxygens (including phenoxy) is 3. The van der Waals surface area contributed by atoms with Gasteiger partial charge in [0.2, 0.25) is 5.79 Å². The van der Waals surface area contributed by atoms with E-state index in [0.29, 0.717) is 6.42 Å². The second-order valence-electron chi connectivity index (χ2n) is 8.22. The molecule has 0 aromatic carbocycles. The van der Waals surface area contributed by atoms with Gasteiger partial charge in [0.15, 0.2) is 5.78 Å². The standard InChI is InChI=1S/C25H42O5/c1-4-5-6-7-8-9-10-11-12-13-14-15-16-17-18-19-24(27)30-23-20-28-25(3,22(2)26)29-21-23/h8-9,11-12,23H,4-7,10,13-21H2,1-3H3. The van der Waals surface area contributed by atoms with Gasteiger partial charge in [-0.05, 0) is 45.4 Å². The highest BCUT2D eigenvalue weighted by Crippen LogP contribution is 2.21. The molecule has 1 aliphatic heterocycles. The zero-order valence-corrected chi connectivity index (χ0v) is 19.3. The van der Waals surface area contributed by atoms with Gasteiger partial charge in [-0.15, -0.1) is 0 Å². The Morgan fingerprint density at radius 3 is 2.07 bits per heavy atom. The van der Waals surface area contributed by atoms with Crippen molar-refractivity contribution in [2.24, 2.45) is 0 Å². The highest BCUT2D eigenvalue weighted by Gasteiger charge is 2.38. The Kier molecular flexibility index (Phi) is 14.4. The van der Waals surface area contributed by atoms with Gasteiger partial charge in [0.25, 0.3) is 0 Å². The summed E-state index contributed by atoms with van der Waals surface area (Å²) < 4.78 is 16.2. The van der Waals surface area contributed by atoms with E-state index < -0.39 is 11.9 Å². The van der Waals surface area contributed by atoms with Gasteiger partial charge >= 0.3 is 5.97 Å². The van der Waals surface area contributed by atoms with Gasteiger partial charge in [-0.25, -0.2) is 0 Å². The van der Waals surface area contributed by atoms with Gasteiger partial charge in [-0.2, -0.15) is 0 Å². The maximum absolute atomic E-state index is 11.9. The van der Waals surface area contributed by atoms with Crippen molar-refractivity contribution in [3.05, 3.63) is 24.3 Å². The monoisotopic (exact) mass is 422 g/mol. The highest BCUT2D eigenvalue weighted by molar-refractivity contribution is 5.83. The lowest BCUT2D eigenvalue weighted by molar-refractivity contribution is -0.270. The molecule has 1 heterocycles. The third-order valence-electron chi connectivity index (χ3n) is 5.36. The first-order valence-corrected chi connectivity index (χ1v) is 11.8. The Morgan fingerprint density at radius 2 is 1.47 bits per heavy atom. The summed E-state index contributed by atoms with van der Waals surface area (Å²) in [5.41, 5.74) is 0. The van der Waals surface area contributed by atoms with Crippen molar-refractivity contribution in [3.63, 3.8) is 0 Å². The van der Waals surface area contributed by atoms with Gasteiger partial charge in [0.1, 0.15) is 6.10 Å². The molecule has 0 unspecified atom stereocenters. The molecular formula is C25H42O5. The molecule has 0 aromatic rings. The maximum atomic E-state index is 11.9. The third kappa shape index (κ3) is 12.3. The van der Waals surface area contributed by atoms with Crippen molar-refractivity contribution in [2.45, 2.75) is 110 Å². The fourth-order valence-corrected chi connectivity index (χ4v) is 3.19. The van der Waals surface area contributed by atoms with E-state index >= 15 is 0 Å². The summed E-state index contributed by atoms with van der Waals surface area (Å²) in [6.07, 6.45) is 21.8. The predicted molar refractivity (Wildman–Crippen MR) is 120 cm³/mol. The van der Waals surface area contributed by atoms with Crippen LogP contribution in [0, 0.1) is 0 Å². The average molecular weight is 423 g/mol. The van der Waals surface area contributed by atoms with Crippen LogP contribution in [0.25, 0.3) is 0 Å². The van der Waals surface area contributed by atoms with Crippen LogP contribution < -0.4 is 0 Å². The molecule has 0 radical (unpaired) electrons.